The molecular weight excluding hydrogens is 389 g/mol. The van der Waals surface area contributed by atoms with Crippen LogP contribution in [0.3, 0.4) is 0 Å². The van der Waals surface area contributed by atoms with E-state index >= 15 is 0 Å². The quantitative estimate of drug-likeness (QED) is 0.433. The van der Waals surface area contributed by atoms with Gasteiger partial charge in [0.25, 0.3) is 0 Å². The van der Waals surface area contributed by atoms with Gasteiger partial charge in [-0.25, -0.2) is 14.4 Å². The molecule has 148 valence electrons. The molecule has 2 aromatic heterocycles. The molecule has 5 heteroatoms. The van der Waals surface area contributed by atoms with Gasteiger partial charge in [0.15, 0.2) is 5.88 Å². The maximum Gasteiger partial charge on any atom is 0.196 e. The molecule has 31 heavy (non-hydrogen) atoms. The van der Waals surface area contributed by atoms with Crippen molar-refractivity contribution in [2.45, 2.75) is 0 Å². The van der Waals surface area contributed by atoms with Gasteiger partial charge >= 0.3 is 0 Å². The highest BCUT2D eigenvalue weighted by molar-refractivity contribution is 5.92. The summed E-state index contributed by atoms with van der Waals surface area (Å²) in [6.45, 7) is 0. The molecule has 1 aliphatic rings. The maximum atomic E-state index is 13.5. The molecule has 3 aromatic carbocycles. The van der Waals surface area contributed by atoms with Crippen LogP contribution in [0.1, 0.15) is 5.56 Å². The molecule has 6 rings (SSSR count). The van der Waals surface area contributed by atoms with E-state index in [0.29, 0.717) is 16.6 Å². The van der Waals surface area contributed by atoms with Gasteiger partial charge < -0.3 is 10.1 Å². The SMILES string of the molecule is Oc1[nH]c2ccccc2c1/C=c1/cc2c(c(-c3ccc(F)cc3)n1)=Nc1ccccc1-2. The van der Waals surface area contributed by atoms with Gasteiger partial charge in [-0.1, -0.05) is 36.4 Å². The molecule has 0 unspecified atom stereocenters. The van der Waals surface area contributed by atoms with Crippen LogP contribution in [-0.4, -0.2) is 15.1 Å². The van der Waals surface area contributed by atoms with Gasteiger partial charge in [-0.3, -0.25) is 0 Å². The van der Waals surface area contributed by atoms with Crippen LogP contribution in [0, 0.1) is 5.82 Å². The molecule has 0 bridgehead atoms. The number of halogens is 1. The number of nitrogens with one attached hydrogen (secondary N) is 1. The van der Waals surface area contributed by atoms with E-state index < -0.39 is 0 Å². The first-order valence-electron chi connectivity index (χ1n) is 9.94. The number of fused-ring (bicyclic) bond motifs is 4. The second kappa shape index (κ2) is 6.64. The van der Waals surface area contributed by atoms with Crippen molar-refractivity contribution in [3.8, 4) is 28.3 Å². The minimum Gasteiger partial charge on any atom is -0.494 e. The van der Waals surface area contributed by atoms with Crippen molar-refractivity contribution < 1.29 is 9.50 Å². The number of hydrogen-bond acceptors (Lipinski definition) is 3. The molecule has 1 aliphatic heterocycles. The first-order chi connectivity index (χ1) is 15.2. The van der Waals surface area contributed by atoms with Crippen LogP contribution in [0.15, 0.2) is 83.9 Å². The summed E-state index contributed by atoms with van der Waals surface area (Å²) in [5, 5.41) is 12.9. The molecule has 4 nitrogen and oxygen atoms in total. The van der Waals surface area contributed by atoms with Crippen LogP contribution in [-0.2, 0) is 0 Å². The average molecular weight is 405 g/mol. The normalized spacial score (nSPS) is 12.6. The number of benzene rings is 3. The molecule has 0 spiro atoms. The number of aromatic nitrogens is 2. The minimum absolute atomic E-state index is 0.0944. The van der Waals surface area contributed by atoms with Crippen molar-refractivity contribution in [1.29, 1.82) is 0 Å². The average Bonchev–Trinajstić information content (AvgIpc) is 3.31. The zero-order valence-electron chi connectivity index (χ0n) is 16.3. The van der Waals surface area contributed by atoms with E-state index in [9.17, 15) is 9.50 Å². The smallest absolute Gasteiger partial charge is 0.196 e. The number of nitrogens with zero attached hydrogens (tertiary/aromatic N) is 2. The molecule has 5 aromatic rings. The molecule has 0 fully saturated rings. The summed E-state index contributed by atoms with van der Waals surface area (Å²) in [6, 6.07) is 23.9. The molecule has 0 aliphatic carbocycles. The number of aromatic hydroxyl groups is 1. The molecule has 0 radical (unpaired) electrons. The fourth-order valence-corrected chi connectivity index (χ4v) is 4.12. The Hall–Kier alpha value is -4.25. The largest absolute Gasteiger partial charge is 0.494 e. The number of pyridine rings is 1. The highest BCUT2D eigenvalue weighted by Crippen LogP contribution is 2.33. The molecule has 0 saturated carbocycles. The van der Waals surface area contributed by atoms with Crippen LogP contribution >= 0.6 is 0 Å². The second-order valence-electron chi connectivity index (χ2n) is 7.50. The Kier molecular flexibility index (Phi) is 3.77. The number of hydrogen-bond donors (Lipinski definition) is 2. The molecule has 0 atom stereocenters. The van der Waals surface area contributed by atoms with Gasteiger partial charge in [0, 0.05) is 33.2 Å². The van der Waals surface area contributed by atoms with E-state index in [0.717, 1.165) is 38.6 Å². The summed E-state index contributed by atoms with van der Waals surface area (Å²) in [7, 11) is 0. The minimum atomic E-state index is -0.299. The lowest BCUT2D eigenvalue weighted by atomic mass is 10.0. The van der Waals surface area contributed by atoms with Crippen molar-refractivity contribution in [2.75, 3.05) is 0 Å². The van der Waals surface area contributed by atoms with Crippen LogP contribution in [0.2, 0.25) is 0 Å². The van der Waals surface area contributed by atoms with Crippen LogP contribution in [0.25, 0.3) is 39.4 Å². The predicted octanol–water partition coefficient (Wildman–Crippen LogP) is 4.84. The zero-order valence-corrected chi connectivity index (χ0v) is 16.3. The summed E-state index contributed by atoms with van der Waals surface area (Å²) in [5.41, 5.74) is 5.88. The van der Waals surface area contributed by atoms with Gasteiger partial charge in [-0.2, -0.15) is 0 Å². The third kappa shape index (κ3) is 2.82. The summed E-state index contributed by atoms with van der Waals surface area (Å²) in [5.74, 6) is -0.205. The maximum absolute atomic E-state index is 13.5. The van der Waals surface area contributed by atoms with Gasteiger partial charge in [0.05, 0.1) is 22.1 Å². The van der Waals surface area contributed by atoms with Crippen molar-refractivity contribution >= 4 is 22.7 Å². The lowest BCUT2D eigenvalue weighted by molar-refractivity contribution is 0.457. The standard InChI is InChI=1S/C26H16FN3O/c27-16-11-9-15(10-12-16)24-25-20(18-5-1-3-7-22(18)29-25)13-17(28-24)14-21-19-6-2-4-8-23(19)30-26(21)31/h1-14,30-31H/b17-14-. The molecule has 0 amide bonds. The van der Waals surface area contributed by atoms with E-state index in [-0.39, 0.29) is 11.7 Å². The van der Waals surface area contributed by atoms with E-state index in [1.165, 1.54) is 12.1 Å². The van der Waals surface area contributed by atoms with Gasteiger partial charge in [0.1, 0.15) is 5.82 Å². The van der Waals surface area contributed by atoms with Gasteiger partial charge in [0.2, 0.25) is 0 Å². The molecule has 0 saturated heterocycles. The topological polar surface area (TPSA) is 61.3 Å². The zero-order chi connectivity index (χ0) is 20.9. The highest BCUT2D eigenvalue weighted by atomic mass is 19.1. The fraction of sp³-hybridized carbons (Fsp3) is 0. The fourth-order valence-electron chi connectivity index (χ4n) is 4.12. The lowest BCUT2D eigenvalue weighted by Crippen LogP contribution is -2.19. The Morgan fingerprint density at radius 3 is 2.52 bits per heavy atom. The monoisotopic (exact) mass is 405 g/mol. The Morgan fingerprint density at radius 1 is 0.871 bits per heavy atom. The Morgan fingerprint density at radius 2 is 1.65 bits per heavy atom. The van der Waals surface area contributed by atoms with Crippen molar-refractivity contribution in [3.63, 3.8) is 0 Å². The van der Waals surface area contributed by atoms with Crippen LogP contribution in [0.5, 0.6) is 5.88 Å². The number of para-hydroxylation sites is 2. The molecular formula is C26H16FN3O. The third-order valence-corrected chi connectivity index (χ3v) is 5.57. The first-order valence-corrected chi connectivity index (χ1v) is 9.94. The van der Waals surface area contributed by atoms with E-state index in [2.05, 4.69) is 4.98 Å². The number of H-pyrrole nitrogens is 1. The van der Waals surface area contributed by atoms with Crippen LogP contribution < -0.4 is 10.7 Å². The van der Waals surface area contributed by atoms with Crippen LogP contribution in [0.4, 0.5) is 10.1 Å². The molecule has 2 N–H and O–H groups in total. The summed E-state index contributed by atoms with van der Waals surface area (Å²) >= 11 is 0. The lowest BCUT2D eigenvalue weighted by Gasteiger charge is -2.05. The Labute approximate surface area is 176 Å². The third-order valence-electron chi connectivity index (χ3n) is 5.57. The predicted molar refractivity (Wildman–Crippen MR) is 119 cm³/mol. The summed E-state index contributed by atoms with van der Waals surface area (Å²) < 4.78 is 13.5. The first kappa shape index (κ1) is 17.6. The van der Waals surface area contributed by atoms with Crippen molar-refractivity contribution in [3.05, 3.63) is 101 Å². The second-order valence-corrected chi connectivity index (χ2v) is 7.50. The van der Waals surface area contributed by atoms with E-state index in [4.69, 9.17) is 9.98 Å². The molecule has 3 heterocycles. The van der Waals surface area contributed by atoms with Gasteiger partial charge in [-0.15, -0.1) is 0 Å². The van der Waals surface area contributed by atoms with Crippen molar-refractivity contribution in [1.82, 2.24) is 9.97 Å². The van der Waals surface area contributed by atoms with Gasteiger partial charge in [-0.05, 0) is 48.5 Å². The van der Waals surface area contributed by atoms with Crippen molar-refractivity contribution in [2.24, 2.45) is 4.99 Å². The van der Waals surface area contributed by atoms with E-state index in [1.807, 2.05) is 60.7 Å². The summed E-state index contributed by atoms with van der Waals surface area (Å²) in [4.78, 5) is 12.7. The Balaban J connectivity index is 1.66. The number of aromatic amines is 1. The number of rotatable bonds is 2. The highest BCUT2D eigenvalue weighted by Gasteiger charge is 2.18. The Bertz CT molecular complexity index is 1600. The van der Waals surface area contributed by atoms with E-state index in [1.54, 1.807) is 12.1 Å². The summed E-state index contributed by atoms with van der Waals surface area (Å²) in [6.07, 6.45) is 1.86.